The molecule has 2 aliphatic rings. The van der Waals surface area contributed by atoms with Gasteiger partial charge in [0, 0.05) is 30.2 Å². The largest absolute Gasteiger partial charge is 0.383 e. The van der Waals surface area contributed by atoms with E-state index in [2.05, 4.69) is 15.6 Å². The number of ether oxygens (including phenoxy) is 1. The Labute approximate surface area is 145 Å². The predicted octanol–water partition coefficient (Wildman–Crippen LogP) is 0.743. The van der Waals surface area contributed by atoms with Gasteiger partial charge in [-0.05, 0) is 18.2 Å². The van der Waals surface area contributed by atoms with Crippen LogP contribution in [0.3, 0.4) is 0 Å². The lowest BCUT2D eigenvalue weighted by atomic mass is 10.2. The number of hydrogen-bond acceptors (Lipinski definition) is 7. The summed E-state index contributed by atoms with van der Waals surface area (Å²) in [6.07, 6.45) is 0. The van der Waals surface area contributed by atoms with Gasteiger partial charge in [-0.25, -0.2) is 8.42 Å². The van der Waals surface area contributed by atoms with E-state index in [1.807, 2.05) is 6.07 Å². The van der Waals surface area contributed by atoms with Crippen LogP contribution >= 0.6 is 11.8 Å². The number of nitrogens with zero attached hydrogens (tertiary/aromatic N) is 1. The summed E-state index contributed by atoms with van der Waals surface area (Å²) < 4.78 is 28.1. The monoisotopic (exact) mass is 369 g/mol. The molecule has 2 N–H and O–H groups in total. The zero-order chi connectivity index (χ0) is 17.2. The lowest BCUT2D eigenvalue weighted by Gasteiger charge is -2.09. The summed E-state index contributed by atoms with van der Waals surface area (Å²) >= 11 is 1.45. The fraction of sp³-hybridized carbons (Fsp3) is 0.467. The minimum Gasteiger partial charge on any atom is -0.383 e. The van der Waals surface area contributed by atoms with Crippen molar-refractivity contribution in [1.29, 1.82) is 0 Å². The van der Waals surface area contributed by atoms with Gasteiger partial charge in [-0.1, -0.05) is 17.8 Å². The van der Waals surface area contributed by atoms with E-state index in [0.29, 0.717) is 23.9 Å². The summed E-state index contributed by atoms with van der Waals surface area (Å²) in [7, 11) is -1.37. The van der Waals surface area contributed by atoms with E-state index in [-0.39, 0.29) is 28.7 Å². The van der Waals surface area contributed by atoms with Gasteiger partial charge in [0.1, 0.15) is 0 Å². The zero-order valence-electron chi connectivity index (χ0n) is 13.2. The van der Waals surface area contributed by atoms with Gasteiger partial charge < -0.3 is 15.4 Å². The molecule has 24 heavy (non-hydrogen) atoms. The van der Waals surface area contributed by atoms with Crippen molar-refractivity contribution in [2.24, 2.45) is 4.99 Å². The number of hydrogen-bond donors (Lipinski definition) is 2. The van der Waals surface area contributed by atoms with Crippen LogP contribution in [-0.4, -0.2) is 62.6 Å². The van der Waals surface area contributed by atoms with Gasteiger partial charge in [-0.3, -0.25) is 9.79 Å². The minimum atomic E-state index is -2.95. The van der Waals surface area contributed by atoms with Crippen LogP contribution in [0.2, 0.25) is 0 Å². The van der Waals surface area contributed by atoms with E-state index in [0.717, 1.165) is 5.69 Å². The molecule has 0 aliphatic carbocycles. The van der Waals surface area contributed by atoms with E-state index < -0.39 is 9.84 Å². The smallest absolute Gasteiger partial charge is 0.251 e. The van der Waals surface area contributed by atoms with Crippen molar-refractivity contribution in [3.05, 3.63) is 29.8 Å². The maximum Gasteiger partial charge on any atom is 0.251 e. The third-order valence-electron chi connectivity index (χ3n) is 3.79. The average molecular weight is 369 g/mol. The van der Waals surface area contributed by atoms with Gasteiger partial charge in [0.15, 0.2) is 15.0 Å². The van der Waals surface area contributed by atoms with Crippen molar-refractivity contribution in [2.75, 3.05) is 37.1 Å². The molecule has 0 bridgehead atoms. The summed E-state index contributed by atoms with van der Waals surface area (Å²) in [5.41, 5.74) is 1.30. The maximum absolute atomic E-state index is 12.0. The van der Waals surface area contributed by atoms with Crippen LogP contribution < -0.4 is 10.6 Å². The number of nitrogens with one attached hydrogen (secondary N) is 2. The van der Waals surface area contributed by atoms with Crippen LogP contribution in [0.15, 0.2) is 29.3 Å². The summed E-state index contributed by atoms with van der Waals surface area (Å²) in [6.45, 7) is 0.913. The van der Waals surface area contributed by atoms with Gasteiger partial charge >= 0.3 is 0 Å². The standard InChI is InChI=1S/C15H19N3O4S2/c1-22-6-5-16-14(19)10-3-2-4-11(7-10)17-15-18-12-8-24(20,21)9-13(12)23-15/h2-4,7,12-13H,5-6,8-9H2,1H3,(H,16,19)(H,17,18)/t12-,13-/m1/s1. The van der Waals surface area contributed by atoms with Gasteiger partial charge in [-0.2, -0.15) is 0 Å². The first kappa shape index (κ1) is 17.2. The second-order valence-corrected chi connectivity index (χ2v) is 9.07. The molecular weight excluding hydrogens is 350 g/mol. The number of anilines is 1. The van der Waals surface area contributed by atoms with Gasteiger partial charge in [0.2, 0.25) is 0 Å². The Bertz CT molecular complexity index is 764. The highest BCUT2D eigenvalue weighted by Crippen LogP contribution is 2.34. The number of rotatable bonds is 5. The average Bonchev–Trinajstić information content (AvgIpc) is 3.00. The second kappa shape index (κ2) is 7.12. The molecule has 1 saturated heterocycles. The molecule has 0 saturated carbocycles. The molecule has 0 radical (unpaired) electrons. The van der Waals surface area contributed by atoms with Crippen molar-refractivity contribution in [3.63, 3.8) is 0 Å². The molecule has 2 heterocycles. The number of amidine groups is 1. The molecule has 3 rings (SSSR count). The Kier molecular flexibility index (Phi) is 5.12. The number of carbonyl (C=O) groups is 1. The summed E-state index contributed by atoms with van der Waals surface area (Å²) in [4.78, 5) is 16.5. The Morgan fingerprint density at radius 2 is 2.25 bits per heavy atom. The molecule has 0 spiro atoms. The highest BCUT2D eigenvalue weighted by atomic mass is 32.2. The molecule has 7 nitrogen and oxygen atoms in total. The zero-order valence-corrected chi connectivity index (χ0v) is 14.8. The van der Waals surface area contributed by atoms with Gasteiger partial charge in [0.25, 0.3) is 5.91 Å². The predicted molar refractivity (Wildman–Crippen MR) is 95.5 cm³/mol. The van der Waals surface area contributed by atoms with Gasteiger partial charge in [-0.15, -0.1) is 0 Å². The number of fused-ring (bicyclic) bond motifs is 1. The molecular formula is C15H19N3O4S2. The molecule has 130 valence electrons. The number of sulfone groups is 1. The number of amides is 1. The fourth-order valence-electron chi connectivity index (χ4n) is 2.65. The molecule has 1 aromatic rings. The van der Waals surface area contributed by atoms with E-state index in [1.54, 1.807) is 25.3 Å². The van der Waals surface area contributed by atoms with Gasteiger partial charge in [0.05, 0.1) is 24.2 Å². The van der Waals surface area contributed by atoms with E-state index in [9.17, 15) is 13.2 Å². The first-order chi connectivity index (χ1) is 11.5. The maximum atomic E-state index is 12.0. The molecule has 0 aromatic heterocycles. The Balaban J connectivity index is 1.63. The summed E-state index contributed by atoms with van der Waals surface area (Å²) in [6, 6.07) is 6.95. The topological polar surface area (TPSA) is 96.9 Å². The molecule has 1 aromatic carbocycles. The minimum absolute atomic E-state index is 0.00183. The third kappa shape index (κ3) is 4.08. The van der Waals surface area contributed by atoms with Crippen LogP contribution in [0, 0.1) is 0 Å². The van der Waals surface area contributed by atoms with Crippen LogP contribution in [0.25, 0.3) is 0 Å². The van der Waals surface area contributed by atoms with E-state index in [4.69, 9.17) is 4.74 Å². The summed E-state index contributed by atoms with van der Waals surface area (Å²) in [5.74, 6) is 0.135. The number of benzene rings is 1. The quantitative estimate of drug-likeness (QED) is 0.743. The SMILES string of the molecule is COCCNC(=O)c1cccc(NC2=N[C@@H]3CS(=O)(=O)C[C@H]3S2)c1. The van der Waals surface area contributed by atoms with Crippen molar-refractivity contribution in [2.45, 2.75) is 11.3 Å². The van der Waals surface area contributed by atoms with Crippen molar-refractivity contribution in [1.82, 2.24) is 5.32 Å². The van der Waals surface area contributed by atoms with Crippen LogP contribution in [-0.2, 0) is 14.6 Å². The number of methoxy groups -OCH3 is 1. The molecule has 2 aliphatic heterocycles. The third-order valence-corrected chi connectivity index (χ3v) is 6.93. The lowest BCUT2D eigenvalue weighted by Crippen LogP contribution is -2.27. The number of carbonyl (C=O) groups excluding carboxylic acids is 1. The second-order valence-electron chi connectivity index (χ2n) is 5.69. The highest BCUT2D eigenvalue weighted by molar-refractivity contribution is 8.15. The Morgan fingerprint density at radius 1 is 1.42 bits per heavy atom. The first-order valence-electron chi connectivity index (χ1n) is 7.56. The van der Waals surface area contributed by atoms with Crippen LogP contribution in [0.1, 0.15) is 10.4 Å². The fourth-order valence-corrected chi connectivity index (χ4v) is 6.32. The first-order valence-corrected chi connectivity index (χ1v) is 10.3. The molecule has 1 amide bonds. The number of thioether (sulfide) groups is 1. The van der Waals surface area contributed by atoms with Crippen molar-refractivity contribution >= 4 is 38.4 Å². The van der Waals surface area contributed by atoms with Crippen molar-refractivity contribution < 1.29 is 17.9 Å². The van der Waals surface area contributed by atoms with Crippen LogP contribution in [0.5, 0.6) is 0 Å². The summed E-state index contributed by atoms with van der Waals surface area (Å²) in [5, 5.41) is 6.64. The van der Waals surface area contributed by atoms with E-state index in [1.165, 1.54) is 11.8 Å². The normalized spacial score (nSPS) is 24.3. The van der Waals surface area contributed by atoms with Crippen LogP contribution in [0.4, 0.5) is 5.69 Å². The highest BCUT2D eigenvalue weighted by Gasteiger charge is 2.42. The molecule has 9 heteroatoms. The Morgan fingerprint density at radius 3 is 3.00 bits per heavy atom. The van der Waals surface area contributed by atoms with Crippen molar-refractivity contribution in [3.8, 4) is 0 Å². The molecule has 2 atom stereocenters. The molecule has 0 unspecified atom stereocenters. The van der Waals surface area contributed by atoms with E-state index >= 15 is 0 Å². The molecule has 1 fully saturated rings. The Hall–Kier alpha value is -1.58. The number of aliphatic imine (C=N–C) groups is 1. The lowest BCUT2D eigenvalue weighted by molar-refractivity contribution is 0.0937.